The van der Waals surface area contributed by atoms with Crippen molar-refractivity contribution in [1.82, 2.24) is 9.38 Å². The fourth-order valence-electron chi connectivity index (χ4n) is 3.17. The number of para-hydroxylation sites is 2. The molecule has 168 valence electrons. The first-order valence-corrected chi connectivity index (χ1v) is 10.8. The van der Waals surface area contributed by atoms with E-state index in [0.29, 0.717) is 21.4 Å². The minimum atomic E-state index is -0.743. The van der Waals surface area contributed by atoms with Crippen LogP contribution in [0.5, 0.6) is 11.6 Å². The zero-order valence-corrected chi connectivity index (χ0v) is 19.3. The van der Waals surface area contributed by atoms with Crippen molar-refractivity contribution in [3.8, 4) is 17.7 Å². The summed E-state index contributed by atoms with van der Waals surface area (Å²) >= 11 is 12.3. The average Bonchev–Trinajstić information content (AvgIpc) is 2.82. The van der Waals surface area contributed by atoms with Gasteiger partial charge in [0, 0.05) is 6.20 Å². The molecular weight excluding hydrogens is 475 g/mol. The number of nitrogens with zero attached hydrogens (tertiary/aromatic N) is 3. The summed E-state index contributed by atoms with van der Waals surface area (Å²) in [7, 11) is 0. The Morgan fingerprint density at radius 1 is 1.09 bits per heavy atom. The summed E-state index contributed by atoms with van der Waals surface area (Å²) in [4.78, 5) is 30.7. The van der Waals surface area contributed by atoms with Gasteiger partial charge >= 0.3 is 0 Å². The van der Waals surface area contributed by atoms with E-state index in [9.17, 15) is 14.9 Å². The highest BCUT2D eigenvalue weighted by Crippen LogP contribution is 2.30. The Labute approximate surface area is 204 Å². The molecule has 2 aromatic carbocycles. The molecule has 7 nitrogen and oxygen atoms in total. The zero-order chi connectivity index (χ0) is 24.2. The molecule has 0 radical (unpaired) electrons. The summed E-state index contributed by atoms with van der Waals surface area (Å²) in [6.45, 7) is 1.80. The fourth-order valence-corrected chi connectivity index (χ4v) is 3.53. The van der Waals surface area contributed by atoms with Crippen LogP contribution in [0, 0.1) is 18.3 Å². The normalized spacial score (nSPS) is 11.2. The van der Waals surface area contributed by atoms with Gasteiger partial charge in [0.25, 0.3) is 11.5 Å². The van der Waals surface area contributed by atoms with Gasteiger partial charge in [-0.2, -0.15) is 10.2 Å². The van der Waals surface area contributed by atoms with Crippen molar-refractivity contribution in [2.24, 2.45) is 0 Å². The lowest BCUT2D eigenvalue weighted by Crippen LogP contribution is -2.20. The minimum Gasteiger partial charge on any atom is -0.437 e. The van der Waals surface area contributed by atoms with E-state index in [2.05, 4.69) is 10.3 Å². The Morgan fingerprint density at radius 3 is 2.50 bits per heavy atom. The second-order valence-electron chi connectivity index (χ2n) is 7.16. The summed E-state index contributed by atoms with van der Waals surface area (Å²) in [5, 5.41) is 12.9. The summed E-state index contributed by atoms with van der Waals surface area (Å²) in [6, 6.07) is 18.6. The predicted octanol–water partition coefficient (Wildman–Crippen LogP) is 5.65. The van der Waals surface area contributed by atoms with Crippen LogP contribution in [0.15, 0.2) is 77.2 Å². The number of aryl methyl sites for hydroxylation is 1. The van der Waals surface area contributed by atoms with Gasteiger partial charge in [-0.15, -0.1) is 0 Å². The SMILES string of the molecule is Cc1cccn2c(=O)c(/C=C(/C#N)C(=O)Nc3ccccc3Cl)c(Oc3ccccc3Cl)nc12. The van der Waals surface area contributed by atoms with Crippen LogP contribution in [0.4, 0.5) is 5.69 Å². The van der Waals surface area contributed by atoms with Gasteiger partial charge in [0.1, 0.15) is 28.6 Å². The lowest BCUT2D eigenvalue weighted by molar-refractivity contribution is -0.112. The Balaban J connectivity index is 1.86. The molecule has 2 aromatic heterocycles. The van der Waals surface area contributed by atoms with Crippen molar-refractivity contribution < 1.29 is 9.53 Å². The smallest absolute Gasteiger partial charge is 0.269 e. The number of pyridine rings is 1. The molecule has 9 heteroatoms. The highest BCUT2D eigenvalue weighted by molar-refractivity contribution is 6.34. The molecule has 0 saturated heterocycles. The van der Waals surface area contributed by atoms with Gasteiger partial charge in [0.15, 0.2) is 0 Å². The summed E-state index contributed by atoms with van der Waals surface area (Å²) < 4.78 is 7.20. The Kier molecular flexibility index (Phi) is 6.64. The van der Waals surface area contributed by atoms with Gasteiger partial charge in [-0.3, -0.25) is 14.0 Å². The maximum Gasteiger partial charge on any atom is 0.269 e. The number of fused-ring (bicyclic) bond motifs is 1. The number of benzene rings is 2. The van der Waals surface area contributed by atoms with Gasteiger partial charge < -0.3 is 10.1 Å². The quantitative estimate of drug-likeness (QED) is 0.288. The number of carbonyl (C=O) groups is 1. The molecule has 0 aliphatic carbocycles. The molecule has 0 unspecified atom stereocenters. The Morgan fingerprint density at radius 2 is 1.79 bits per heavy atom. The molecular formula is C25H16Cl2N4O3. The van der Waals surface area contributed by atoms with Crippen LogP contribution in [0.2, 0.25) is 10.0 Å². The number of anilines is 1. The van der Waals surface area contributed by atoms with Gasteiger partial charge in [-0.25, -0.2) is 0 Å². The van der Waals surface area contributed by atoms with E-state index in [1.807, 2.05) is 6.07 Å². The third kappa shape index (κ3) is 4.64. The van der Waals surface area contributed by atoms with Crippen molar-refractivity contribution in [1.29, 1.82) is 5.26 Å². The number of ether oxygens (including phenoxy) is 1. The van der Waals surface area contributed by atoms with Crippen molar-refractivity contribution in [2.75, 3.05) is 5.32 Å². The lowest BCUT2D eigenvalue weighted by Gasteiger charge is -2.12. The third-order valence-electron chi connectivity index (χ3n) is 4.87. The maximum atomic E-state index is 13.4. The second-order valence-corrected chi connectivity index (χ2v) is 7.97. The minimum absolute atomic E-state index is 0.0890. The monoisotopic (exact) mass is 490 g/mol. The average molecular weight is 491 g/mol. The van der Waals surface area contributed by atoms with Crippen LogP contribution in [0.25, 0.3) is 11.7 Å². The number of amides is 1. The molecule has 34 heavy (non-hydrogen) atoms. The molecule has 1 amide bonds. The molecule has 2 heterocycles. The van der Waals surface area contributed by atoms with Crippen molar-refractivity contribution in [2.45, 2.75) is 6.92 Å². The van der Waals surface area contributed by atoms with E-state index >= 15 is 0 Å². The van der Waals surface area contributed by atoms with Crippen LogP contribution in [0.3, 0.4) is 0 Å². The molecule has 0 fully saturated rings. The van der Waals surface area contributed by atoms with Crippen LogP contribution in [-0.4, -0.2) is 15.3 Å². The molecule has 0 saturated carbocycles. The molecule has 0 atom stereocenters. The number of rotatable bonds is 5. The summed E-state index contributed by atoms with van der Waals surface area (Å²) in [6.07, 6.45) is 2.69. The number of hydrogen-bond donors (Lipinski definition) is 1. The first-order chi connectivity index (χ1) is 16.4. The summed E-state index contributed by atoms with van der Waals surface area (Å²) in [5.74, 6) is -0.568. The van der Waals surface area contributed by atoms with E-state index < -0.39 is 11.5 Å². The van der Waals surface area contributed by atoms with Crippen LogP contribution in [0.1, 0.15) is 11.1 Å². The molecule has 4 aromatic rings. The van der Waals surface area contributed by atoms with Crippen molar-refractivity contribution >= 4 is 46.5 Å². The van der Waals surface area contributed by atoms with Gasteiger partial charge in [0.05, 0.1) is 15.7 Å². The molecule has 4 rings (SSSR count). The number of halogens is 2. The van der Waals surface area contributed by atoms with E-state index in [0.717, 1.165) is 11.6 Å². The number of nitrogens with one attached hydrogen (secondary N) is 1. The zero-order valence-electron chi connectivity index (χ0n) is 17.8. The van der Waals surface area contributed by atoms with Gasteiger partial charge in [0.2, 0.25) is 5.88 Å². The predicted molar refractivity (Wildman–Crippen MR) is 131 cm³/mol. The number of nitriles is 1. The third-order valence-corrected chi connectivity index (χ3v) is 5.51. The topological polar surface area (TPSA) is 96.5 Å². The molecule has 0 aliphatic rings. The molecule has 0 spiro atoms. The van der Waals surface area contributed by atoms with Gasteiger partial charge in [-0.05, 0) is 48.9 Å². The van der Waals surface area contributed by atoms with Crippen molar-refractivity contribution in [3.05, 3.63) is 104 Å². The van der Waals surface area contributed by atoms with E-state index in [4.69, 9.17) is 27.9 Å². The molecule has 0 aliphatic heterocycles. The lowest BCUT2D eigenvalue weighted by atomic mass is 10.1. The Bertz CT molecular complexity index is 1550. The number of carbonyl (C=O) groups excluding carboxylic acids is 1. The Hall–Kier alpha value is -4.12. The standard InChI is InChI=1S/C25H16Cl2N4O3/c1-15-7-6-12-31-22(15)30-24(34-21-11-5-3-9-19(21)27)17(25(31)33)13-16(14-28)23(32)29-20-10-4-2-8-18(20)26/h2-13H,1H3,(H,29,32)/b16-13-. The summed E-state index contributed by atoms with van der Waals surface area (Å²) in [5.41, 5.74) is 0.479. The molecule has 0 bridgehead atoms. The fraction of sp³-hybridized carbons (Fsp3) is 0.0400. The largest absolute Gasteiger partial charge is 0.437 e. The van der Waals surface area contributed by atoms with E-state index in [1.54, 1.807) is 73.8 Å². The van der Waals surface area contributed by atoms with Crippen LogP contribution in [-0.2, 0) is 4.79 Å². The number of aromatic nitrogens is 2. The van der Waals surface area contributed by atoms with Crippen LogP contribution < -0.4 is 15.6 Å². The molecule has 1 N–H and O–H groups in total. The second kappa shape index (κ2) is 9.79. The first-order valence-electron chi connectivity index (χ1n) is 10.0. The van der Waals surface area contributed by atoms with E-state index in [-0.39, 0.29) is 22.8 Å². The highest BCUT2D eigenvalue weighted by atomic mass is 35.5. The van der Waals surface area contributed by atoms with Gasteiger partial charge in [-0.1, -0.05) is 53.5 Å². The maximum absolute atomic E-state index is 13.4. The highest BCUT2D eigenvalue weighted by Gasteiger charge is 2.19. The van der Waals surface area contributed by atoms with Crippen molar-refractivity contribution in [3.63, 3.8) is 0 Å². The number of hydrogen-bond acceptors (Lipinski definition) is 5. The first kappa shape index (κ1) is 23.1. The van der Waals surface area contributed by atoms with E-state index in [1.165, 1.54) is 4.40 Å². The van der Waals surface area contributed by atoms with Crippen LogP contribution >= 0.6 is 23.2 Å².